The van der Waals surface area contributed by atoms with Crippen LogP contribution in [0.2, 0.25) is 0 Å². The molecule has 1 saturated heterocycles. The second kappa shape index (κ2) is 6.70. The van der Waals surface area contributed by atoms with Gasteiger partial charge in [0.15, 0.2) is 0 Å². The van der Waals surface area contributed by atoms with Crippen molar-refractivity contribution < 1.29 is 4.74 Å². The third-order valence-electron chi connectivity index (χ3n) is 6.16. The lowest BCUT2D eigenvalue weighted by Crippen LogP contribution is -2.37. The van der Waals surface area contributed by atoms with Crippen LogP contribution in [0.25, 0.3) is 10.9 Å². The number of benzene rings is 2. The van der Waals surface area contributed by atoms with Gasteiger partial charge in [-0.3, -0.25) is 0 Å². The first-order chi connectivity index (χ1) is 13.2. The molecule has 0 bridgehead atoms. The average Bonchev–Trinajstić information content (AvgIpc) is 3.04. The fourth-order valence-corrected chi connectivity index (χ4v) is 4.75. The molecule has 4 nitrogen and oxygen atoms in total. The van der Waals surface area contributed by atoms with Crippen LogP contribution in [0, 0.1) is 0 Å². The molecule has 5 rings (SSSR count). The molecule has 4 heteroatoms. The van der Waals surface area contributed by atoms with Crippen molar-refractivity contribution in [3.05, 3.63) is 65.4 Å². The summed E-state index contributed by atoms with van der Waals surface area (Å²) >= 11 is 0. The largest absolute Gasteiger partial charge is 0.378 e. The summed E-state index contributed by atoms with van der Waals surface area (Å²) in [6.07, 6.45) is 0. The van der Waals surface area contributed by atoms with Crippen LogP contribution in [-0.2, 0) is 18.3 Å². The predicted octanol–water partition coefficient (Wildman–Crippen LogP) is 3.59. The third-order valence-corrected chi connectivity index (χ3v) is 6.16. The molecule has 0 saturated carbocycles. The van der Waals surface area contributed by atoms with Crippen LogP contribution in [0.4, 0.5) is 5.69 Å². The maximum atomic E-state index is 5.52. The van der Waals surface area contributed by atoms with Crippen molar-refractivity contribution in [1.82, 2.24) is 9.47 Å². The number of likely N-dealkylation sites (N-methyl/N-ethyl adjacent to an activating group) is 1. The Morgan fingerprint density at radius 1 is 0.963 bits per heavy atom. The molecule has 1 aromatic heterocycles. The number of aromatic nitrogens is 1. The standard InChI is InChI=1S/C23H27N3O/c1-24-15-18-13-19(26-9-11-27-12-10-26)7-8-20(18)21(16-24)23-14-17-5-3-4-6-22(17)25(23)2/h3-8,13-14,21H,9-12,15-16H2,1-2H3. The minimum atomic E-state index is 0.412. The zero-order valence-electron chi connectivity index (χ0n) is 16.2. The first-order valence-corrected chi connectivity index (χ1v) is 9.89. The molecule has 1 unspecified atom stereocenters. The molecule has 0 N–H and O–H groups in total. The van der Waals surface area contributed by atoms with Gasteiger partial charge in [0.25, 0.3) is 0 Å². The van der Waals surface area contributed by atoms with E-state index in [-0.39, 0.29) is 0 Å². The molecule has 3 aromatic rings. The number of rotatable bonds is 2. The summed E-state index contributed by atoms with van der Waals surface area (Å²) in [5.74, 6) is 0.412. The summed E-state index contributed by atoms with van der Waals surface area (Å²) in [6, 6.07) is 18.1. The van der Waals surface area contributed by atoms with E-state index in [9.17, 15) is 0 Å². The van der Waals surface area contributed by atoms with Crippen molar-refractivity contribution in [3.63, 3.8) is 0 Å². The minimum absolute atomic E-state index is 0.412. The van der Waals surface area contributed by atoms with Crippen LogP contribution < -0.4 is 4.90 Å². The molecule has 0 spiro atoms. The van der Waals surface area contributed by atoms with Crippen LogP contribution in [-0.4, -0.2) is 49.4 Å². The van der Waals surface area contributed by atoms with Crippen LogP contribution >= 0.6 is 0 Å². The Hall–Kier alpha value is -2.30. The third kappa shape index (κ3) is 2.93. The Bertz CT molecular complexity index is 971. The molecule has 2 aromatic carbocycles. The van der Waals surface area contributed by atoms with Gasteiger partial charge in [-0.2, -0.15) is 0 Å². The molecule has 0 radical (unpaired) electrons. The van der Waals surface area contributed by atoms with Crippen molar-refractivity contribution in [2.75, 3.05) is 44.8 Å². The van der Waals surface area contributed by atoms with E-state index in [1.807, 2.05) is 0 Å². The number of nitrogens with zero attached hydrogens (tertiary/aromatic N) is 3. The average molecular weight is 361 g/mol. The fraction of sp³-hybridized carbons (Fsp3) is 0.391. The normalized spacial score (nSPS) is 20.8. The number of morpholine rings is 1. The zero-order chi connectivity index (χ0) is 18.4. The van der Waals surface area contributed by atoms with Crippen molar-refractivity contribution in [2.45, 2.75) is 12.5 Å². The van der Waals surface area contributed by atoms with Crippen molar-refractivity contribution >= 4 is 16.6 Å². The van der Waals surface area contributed by atoms with Crippen LogP contribution in [0.3, 0.4) is 0 Å². The monoisotopic (exact) mass is 361 g/mol. The summed E-state index contributed by atoms with van der Waals surface area (Å²) in [4.78, 5) is 4.90. The van der Waals surface area contributed by atoms with Gasteiger partial charge in [0.1, 0.15) is 0 Å². The Kier molecular flexibility index (Phi) is 4.18. The fourth-order valence-electron chi connectivity index (χ4n) is 4.75. The first-order valence-electron chi connectivity index (χ1n) is 9.89. The van der Waals surface area contributed by atoms with Crippen molar-refractivity contribution in [3.8, 4) is 0 Å². The van der Waals surface area contributed by atoms with Gasteiger partial charge < -0.3 is 19.1 Å². The summed E-state index contributed by atoms with van der Waals surface area (Å²) < 4.78 is 7.89. The van der Waals surface area contributed by atoms with Crippen molar-refractivity contribution in [1.29, 1.82) is 0 Å². The number of hydrogen-bond acceptors (Lipinski definition) is 3. The van der Waals surface area contributed by atoms with Gasteiger partial charge in [-0.1, -0.05) is 24.3 Å². The molecular weight excluding hydrogens is 334 g/mol. The summed E-state index contributed by atoms with van der Waals surface area (Å²) in [6.45, 7) is 5.72. The molecule has 1 atom stereocenters. The maximum Gasteiger partial charge on any atom is 0.0642 e. The van der Waals surface area contributed by atoms with Gasteiger partial charge >= 0.3 is 0 Å². The molecule has 3 heterocycles. The maximum absolute atomic E-state index is 5.52. The van der Waals surface area contributed by atoms with Crippen LogP contribution in [0.15, 0.2) is 48.5 Å². The highest BCUT2D eigenvalue weighted by molar-refractivity contribution is 5.81. The van der Waals surface area contributed by atoms with Gasteiger partial charge in [0, 0.05) is 56.0 Å². The highest BCUT2D eigenvalue weighted by atomic mass is 16.5. The Balaban J connectivity index is 1.56. The Labute approximate surface area is 160 Å². The van der Waals surface area contributed by atoms with Crippen molar-refractivity contribution in [2.24, 2.45) is 7.05 Å². The molecule has 0 amide bonds. The van der Waals surface area contributed by atoms with Gasteiger partial charge in [0.05, 0.1) is 13.2 Å². The van der Waals surface area contributed by atoms with E-state index in [0.717, 1.165) is 39.4 Å². The van der Waals surface area contributed by atoms with E-state index in [0.29, 0.717) is 5.92 Å². The minimum Gasteiger partial charge on any atom is -0.378 e. The number of fused-ring (bicyclic) bond motifs is 2. The first kappa shape index (κ1) is 16.8. The molecule has 0 aliphatic carbocycles. The molecular formula is C23H27N3O. The van der Waals surface area contributed by atoms with E-state index < -0.39 is 0 Å². The van der Waals surface area contributed by atoms with Crippen LogP contribution in [0.1, 0.15) is 22.7 Å². The molecule has 140 valence electrons. The number of aryl methyl sites for hydroxylation is 1. The highest BCUT2D eigenvalue weighted by Gasteiger charge is 2.28. The van der Waals surface area contributed by atoms with Gasteiger partial charge in [-0.25, -0.2) is 0 Å². The Morgan fingerprint density at radius 3 is 2.59 bits per heavy atom. The lowest BCUT2D eigenvalue weighted by Gasteiger charge is -2.35. The molecule has 27 heavy (non-hydrogen) atoms. The number of ether oxygens (including phenoxy) is 1. The summed E-state index contributed by atoms with van der Waals surface area (Å²) in [5, 5.41) is 1.33. The Morgan fingerprint density at radius 2 is 1.78 bits per heavy atom. The molecule has 2 aliphatic heterocycles. The van der Waals surface area contributed by atoms with E-state index in [2.05, 4.69) is 77.0 Å². The second-order valence-electron chi connectivity index (χ2n) is 7.92. The zero-order valence-corrected chi connectivity index (χ0v) is 16.2. The second-order valence-corrected chi connectivity index (χ2v) is 7.92. The van der Waals surface area contributed by atoms with E-state index in [1.54, 1.807) is 0 Å². The lowest BCUT2D eigenvalue weighted by molar-refractivity contribution is 0.122. The van der Waals surface area contributed by atoms with Gasteiger partial charge in [-0.05, 0) is 47.8 Å². The highest BCUT2D eigenvalue weighted by Crippen LogP contribution is 2.37. The van der Waals surface area contributed by atoms with Gasteiger partial charge in [0.2, 0.25) is 0 Å². The quantitative estimate of drug-likeness (QED) is 0.696. The summed E-state index contributed by atoms with van der Waals surface area (Å²) in [5.41, 5.74) is 7.00. The van der Waals surface area contributed by atoms with E-state index >= 15 is 0 Å². The molecule has 2 aliphatic rings. The predicted molar refractivity (Wildman–Crippen MR) is 111 cm³/mol. The molecule has 1 fully saturated rings. The number of anilines is 1. The number of hydrogen-bond donors (Lipinski definition) is 0. The summed E-state index contributed by atoms with van der Waals surface area (Å²) in [7, 11) is 4.44. The topological polar surface area (TPSA) is 20.6 Å². The smallest absolute Gasteiger partial charge is 0.0642 e. The lowest BCUT2D eigenvalue weighted by atomic mass is 9.87. The van der Waals surface area contributed by atoms with Crippen LogP contribution in [0.5, 0.6) is 0 Å². The number of para-hydroxylation sites is 1. The van der Waals surface area contributed by atoms with Gasteiger partial charge in [-0.15, -0.1) is 0 Å². The van der Waals surface area contributed by atoms with E-state index in [4.69, 9.17) is 4.74 Å². The van der Waals surface area contributed by atoms with E-state index in [1.165, 1.54) is 33.4 Å². The SMILES string of the molecule is CN1Cc2cc(N3CCOCC3)ccc2C(c2cc3ccccc3n2C)C1.